The average Bonchev–Trinajstić information content (AvgIpc) is 3.21. The number of aryl methyl sites for hydroxylation is 1. The number of carbonyl (C=O) groups is 3. The van der Waals surface area contributed by atoms with Crippen LogP contribution in [0.15, 0.2) is 24.3 Å². The van der Waals surface area contributed by atoms with Crippen LogP contribution in [0.3, 0.4) is 0 Å². The van der Waals surface area contributed by atoms with Crippen LogP contribution in [0.5, 0.6) is 0 Å². The van der Waals surface area contributed by atoms with Gasteiger partial charge in [-0.05, 0) is 55.7 Å². The molecular weight excluding hydrogens is 392 g/mol. The maximum absolute atomic E-state index is 13.4. The van der Waals surface area contributed by atoms with Gasteiger partial charge >= 0.3 is 0 Å². The minimum absolute atomic E-state index is 0.0104. The van der Waals surface area contributed by atoms with Crippen molar-refractivity contribution in [3.05, 3.63) is 35.4 Å². The number of likely N-dealkylation sites (N-methyl/N-ethyl adjacent to an activating group) is 1. The van der Waals surface area contributed by atoms with E-state index in [1.807, 2.05) is 32.9 Å². The molecule has 0 unspecified atom stereocenters. The van der Waals surface area contributed by atoms with Crippen LogP contribution in [-0.2, 0) is 20.8 Å². The van der Waals surface area contributed by atoms with Crippen LogP contribution in [0.25, 0.3) is 0 Å². The van der Waals surface area contributed by atoms with Crippen molar-refractivity contribution in [3.8, 4) is 0 Å². The topological polar surface area (TPSA) is 90.5 Å². The molecule has 1 aromatic rings. The van der Waals surface area contributed by atoms with Gasteiger partial charge in [-0.25, -0.2) is 0 Å². The van der Waals surface area contributed by atoms with E-state index in [1.54, 1.807) is 11.9 Å². The minimum Gasteiger partial charge on any atom is -0.347 e. The summed E-state index contributed by atoms with van der Waals surface area (Å²) in [5.41, 5.74) is 2.01. The normalized spacial score (nSPS) is 21.9. The highest BCUT2D eigenvalue weighted by atomic mass is 16.2. The number of benzene rings is 1. The third-order valence-corrected chi connectivity index (χ3v) is 6.28. The lowest BCUT2D eigenvalue weighted by Crippen LogP contribution is -2.58. The van der Waals surface area contributed by atoms with Crippen LogP contribution < -0.4 is 16.0 Å². The molecule has 3 rings (SSSR count). The molecule has 0 bridgehead atoms. The number of rotatable bonds is 6. The van der Waals surface area contributed by atoms with Gasteiger partial charge < -0.3 is 20.9 Å². The van der Waals surface area contributed by atoms with Gasteiger partial charge in [0.1, 0.15) is 12.1 Å². The van der Waals surface area contributed by atoms with Crippen molar-refractivity contribution < 1.29 is 14.4 Å². The quantitative estimate of drug-likeness (QED) is 0.646. The lowest BCUT2D eigenvalue weighted by atomic mass is 9.85. The van der Waals surface area contributed by atoms with Gasteiger partial charge in [0.05, 0.1) is 12.6 Å². The van der Waals surface area contributed by atoms with E-state index in [9.17, 15) is 14.4 Å². The van der Waals surface area contributed by atoms with Crippen molar-refractivity contribution in [3.63, 3.8) is 0 Å². The summed E-state index contributed by atoms with van der Waals surface area (Å²) in [5, 5.41) is 8.89. The maximum atomic E-state index is 13.4. The fourth-order valence-corrected chi connectivity index (χ4v) is 4.66. The fourth-order valence-electron chi connectivity index (χ4n) is 4.66. The monoisotopic (exact) mass is 428 g/mol. The van der Waals surface area contributed by atoms with E-state index in [-0.39, 0.29) is 30.3 Å². The van der Waals surface area contributed by atoms with Crippen molar-refractivity contribution in [1.29, 1.82) is 0 Å². The molecule has 3 atom stereocenters. The second-order valence-electron chi connectivity index (χ2n) is 9.74. The zero-order chi connectivity index (χ0) is 22.6. The summed E-state index contributed by atoms with van der Waals surface area (Å²) in [6.07, 6.45) is 4.42. The minimum atomic E-state index is -0.683. The second kappa shape index (κ2) is 9.81. The molecule has 1 aromatic carbocycles. The van der Waals surface area contributed by atoms with Crippen LogP contribution in [0.4, 0.5) is 0 Å². The third-order valence-electron chi connectivity index (χ3n) is 6.28. The Kier molecular flexibility index (Phi) is 7.36. The van der Waals surface area contributed by atoms with E-state index in [0.29, 0.717) is 13.0 Å². The zero-order valence-corrected chi connectivity index (χ0v) is 19.2. The number of hydrogen-bond donors (Lipinski definition) is 3. The van der Waals surface area contributed by atoms with Gasteiger partial charge in [0.2, 0.25) is 17.7 Å². The highest BCUT2D eigenvalue weighted by Gasteiger charge is 2.42. The van der Waals surface area contributed by atoms with Gasteiger partial charge in [0, 0.05) is 6.54 Å². The molecule has 7 nitrogen and oxygen atoms in total. The highest BCUT2D eigenvalue weighted by molar-refractivity contribution is 5.93. The summed E-state index contributed by atoms with van der Waals surface area (Å²) in [6, 6.07) is 7.07. The Morgan fingerprint density at radius 3 is 2.58 bits per heavy atom. The van der Waals surface area contributed by atoms with Crippen molar-refractivity contribution in [1.82, 2.24) is 20.9 Å². The molecule has 1 heterocycles. The van der Waals surface area contributed by atoms with E-state index < -0.39 is 17.5 Å². The molecule has 31 heavy (non-hydrogen) atoms. The molecule has 0 saturated carbocycles. The predicted octanol–water partition coefficient (Wildman–Crippen LogP) is 1.92. The molecule has 170 valence electrons. The van der Waals surface area contributed by atoms with E-state index in [1.165, 1.54) is 11.1 Å². The largest absolute Gasteiger partial charge is 0.347 e. The number of fused-ring (bicyclic) bond motifs is 1. The molecule has 1 fully saturated rings. The van der Waals surface area contributed by atoms with Crippen LogP contribution >= 0.6 is 0 Å². The molecule has 1 aliphatic carbocycles. The van der Waals surface area contributed by atoms with Crippen LogP contribution in [0.1, 0.15) is 63.6 Å². The molecule has 3 amide bonds. The number of carbonyl (C=O) groups excluding carboxylic acids is 3. The second-order valence-corrected chi connectivity index (χ2v) is 9.74. The Morgan fingerprint density at radius 1 is 1.13 bits per heavy atom. The molecule has 1 saturated heterocycles. The number of hydrogen-bond acceptors (Lipinski definition) is 4. The van der Waals surface area contributed by atoms with E-state index in [4.69, 9.17) is 0 Å². The third kappa shape index (κ3) is 5.45. The molecule has 3 N–H and O–H groups in total. The Morgan fingerprint density at radius 2 is 1.87 bits per heavy atom. The van der Waals surface area contributed by atoms with Gasteiger partial charge in [-0.1, -0.05) is 45.0 Å². The van der Waals surface area contributed by atoms with Gasteiger partial charge in [-0.3, -0.25) is 14.4 Å². The zero-order valence-electron chi connectivity index (χ0n) is 19.2. The Hall–Kier alpha value is -2.41. The molecule has 0 spiro atoms. The summed E-state index contributed by atoms with van der Waals surface area (Å²) in [5.74, 6) is -0.504. The van der Waals surface area contributed by atoms with Crippen molar-refractivity contribution in [2.45, 2.75) is 71.0 Å². The van der Waals surface area contributed by atoms with Crippen molar-refractivity contribution in [2.24, 2.45) is 5.41 Å². The van der Waals surface area contributed by atoms with Crippen molar-refractivity contribution >= 4 is 17.7 Å². The van der Waals surface area contributed by atoms with E-state index >= 15 is 0 Å². The summed E-state index contributed by atoms with van der Waals surface area (Å²) < 4.78 is 0. The summed E-state index contributed by atoms with van der Waals surface area (Å²) >= 11 is 0. The smallest absolute Gasteiger partial charge is 0.246 e. The fraction of sp³-hybridized carbons (Fsp3) is 0.625. The lowest BCUT2D eigenvalue weighted by Gasteiger charge is -2.36. The summed E-state index contributed by atoms with van der Waals surface area (Å²) in [4.78, 5) is 40.5. The molecular formula is C24H36N4O3. The summed E-state index contributed by atoms with van der Waals surface area (Å²) in [6.45, 7) is 6.47. The molecule has 0 radical (unpaired) electrons. The molecule has 2 aliphatic rings. The number of amides is 3. The number of nitrogens with zero attached hydrogens (tertiary/aromatic N) is 1. The van der Waals surface area contributed by atoms with Gasteiger partial charge in [-0.2, -0.15) is 0 Å². The first-order valence-electron chi connectivity index (χ1n) is 11.3. The first kappa shape index (κ1) is 23.3. The Labute approximate surface area is 185 Å². The Balaban J connectivity index is 1.73. The van der Waals surface area contributed by atoms with Crippen molar-refractivity contribution in [2.75, 3.05) is 20.1 Å². The first-order chi connectivity index (χ1) is 14.7. The SMILES string of the molecule is CNCC(=O)N[C@H](C(=O)N1CCC[C@H]1C(=O)N[C@@H]1CCCc2ccccc21)C(C)(C)C. The average molecular weight is 429 g/mol. The predicted molar refractivity (Wildman–Crippen MR) is 120 cm³/mol. The lowest BCUT2D eigenvalue weighted by molar-refractivity contribution is -0.144. The van der Waals surface area contributed by atoms with E-state index in [2.05, 4.69) is 28.1 Å². The van der Waals surface area contributed by atoms with Gasteiger partial charge in [0.15, 0.2) is 0 Å². The standard InChI is InChI=1S/C24H36N4O3/c1-24(2,3)21(27-20(29)15-25-4)23(31)28-14-8-13-19(28)22(30)26-18-12-7-10-16-9-5-6-11-17(16)18/h5-6,9,11,18-19,21,25H,7-8,10,12-15H2,1-4H3,(H,26,30)(H,27,29)/t18-,19+,21-/m1/s1. The van der Waals surface area contributed by atoms with Crippen LogP contribution in [0, 0.1) is 5.41 Å². The maximum Gasteiger partial charge on any atom is 0.246 e. The number of nitrogens with one attached hydrogen (secondary N) is 3. The molecule has 7 heteroatoms. The summed E-state index contributed by atoms with van der Waals surface area (Å²) in [7, 11) is 1.69. The Bertz CT molecular complexity index is 817. The first-order valence-corrected chi connectivity index (χ1v) is 11.3. The molecule has 1 aliphatic heterocycles. The van der Waals surface area contributed by atoms with Crippen LogP contribution in [-0.4, -0.2) is 54.8 Å². The number of likely N-dealkylation sites (tertiary alicyclic amines) is 1. The molecule has 0 aromatic heterocycles. The van der Waals surface area contributed by atoms with E-state index in [0.717, 1.165) is 25.7 Å². The highest BCUT2D eigenvalue weighted by Crippen LogP contribution is 2.31. The van der Waals surface area contributed by atoms with Gasteiger partial charge in [0.25, 0.3) is 0 Å². The van der Waals surface area contributed by atoms with Gasteiger partial charge in [-0.15, -0.1) is 0 Å². The van der Waals surface area contributed by atoms with Crippen LogP contribution in [0.2, 0.25) is 0 Å².